The lowest BCUT2D eigenvalue weighted by Crippen LogP contribution is -2.46. The maximum Gasteiger partial charge on any atom is 0.412 e. The van der Waals surface area contributed by atoms with Crippen molar-refractivity contribution in [2.24, 2.45) is 5.92 Å². The first-order chi connectivity index (χ1) is 20.8. The predicted octanol–water partition coefficient (Wildman–Crippen LogP) is 7.92. The Morgan fingerprint density at radius 3 is 2.36 bits per heavy atom. The van der Waals surface area contributed by atoms with Crippen LogP contribution in [0.25, 0.3) is 10.4 Å². The number of rotatable bonds is 5. The highest BCUT2D eigenvalue weighted by molar-refractivity contribution is 7.89. The Hall–Kier alpha value is -3.12. The van der Waals surface area contributed by atoms with Gasteiger partial charge in [0.2, 0.25) is 10.0 Å². The first-order valence-corrected chi connectivity index (χ1v) is 17.3. The monoisotopic (exact) mass is 659 g/mol. The molecule has 2 heterocycles. The van der Waals surface area contributed by atoms with Crippen molar-refractivity contribution >= 4 is 62.1 Å². The van der Waals surface area contributed by atoms with Crippen molar-refractivity contribution in [1.29, 1.82) is 0 Å². The lowest BCUT2D eigenvalue weighted by Gasteiger charge is -2.36. The number of hydrogen-bond donors (Lipinski definition) is 1. The minimum atomic E-state index is -3.95. The molecule has 5 rings (SSSR count). The fourth-order valence-corrected chi connectivity index (χ4v) is 8.96. The number of fused-ring (bicyclic) bond motifs is 1. The zero-order valence-electron chi connectivity index (χ0n) is 25.6. The third-order valence-electron chi connectivity index (χ3n) is 8.10. The number of carbonyl (C=O) groups is 2. The third-order valence-corrected chi connectivity index (χ3v) is 11.5. The Kier molecular flexibility index (Phi) is 9.32. The molecule has 1 N–H and O–H groups in total. The van der Waals surface area contributed by atoms with Gasteiger partial charge >= 0.3 is 12.1 Å². The highest BCUT2D eigenvalue weighted by Gasteiger charge is 2.41. The van der Waals surface area contributed by atoms with Crippen molar-refractivity contribution in [3.05, 3.63) is 58.4 Å². The number of halogens is 1. The number of esters is 1. The Morgan fingerprint density at radius 2 is 1.73 bits per heavy atom. The molecule has 1 atom stereocenters. The first-order valence-electron chi connectivity index (χ1n) is 14.7. The topological polar surface area (TPSA) is 105 Å². The van der Waals surface area contributed by atoms with E-state index in [0.29, 0.717) is 27.7 Å². The number of methoxy groups -OCH3 is 1. The van der Waals surface area contributed by atoms with Crippen LogP contribution in [0, 0.1) is 5.92 Å². The van der Waals surface area contributed by atoms with Crippen molar-refractivity contribution in [2.45, 2.75) is 69.4 Å². The Labute approximate surface area is 268 Å². The van der Waals surface area contributed by atoms with Crippen LogP contribution in [0.3, 0.4) is 0 Å². The van der Waals surface area contributed by atoms with Gasteiger partial charge in [-0.25, -0.2) is 18.0 Å². The lowest BCUT2D eigenvalue weighted by atomic mass is 9.83. The summed E-state index contributed by atoms with van der Waals surface area (Å²) in [5.74, 6) is -0.420. The van der Waals surface area contributed by atoms with E-state index in [9.17, 15) is 18.0 Å². The number of nitrogens with one attached hydrogen (secondary N) is 1. The molecule has 0 unspecified atom stereocenters. The second kappa shape index (κ2) is 12.7. The number of benzene rings is 2. The summed E-state index contributed by atoms with van der Waals surface area (Å²) in [4.78, 5) is 28.1. The largest absolute Gasteiger partial charge is 0.465 e. The van der Waals surface area contributed by atoms with E-state index in [0.717, 1.165) is 42.7 Å². The summed E-state index contributed by atoms with van der Waals surface area (Å²) >= 11 is 7.97. The SMILES string of the molecule is COC(=O)c1sc(-c2cc3c(cc2Cl)N(c2ccccc2)C[C@@H](C2CCCCC2)N(C)S3(=O)=O)cc1NC(=O)OC(C)(C)C. The first kappa shape index (κ1) is 32.3. The van der Waals surface area contributed by atoms with Crippen molar-refractivity contribution in [2.75, 3.05) is 30.9 Å². The van der Waals surface area contributed by atoms with Crippen LogP contribution < -0.4 is 10.2 Å². The summed E-state index contributed by atoms with van der Waals surface area (Å²) in [6, 6.07) is 14.4. The Morgan fingerprint density at radius 1 is 1.05 bits per heavy atom. The molecule has 1 amide bonds. The van der Waals surface area contributed by atoms with E-state index in [4.69, 9.17) is 21.1 Å². The van der Waals surface area contributed by atoms with Crippen LogP contribution in [-0.2, 0) is 19.5 Å². The highest BCUT2D eigenvalue weighted by atomic mass is 35.5. The van der Waals surface area contributed by atoms with E-state index in [1.165, 1.54) is 17.8 Å². The van der Waals surface area contributed by atoms with Gasteiger partial charge in [0, 0.05) is 35.8 Å². The summed E-state index contributed by atoms with van der Waals surface area (Å²) < 4.78 is 40.6. The lowest BCUT2D eigenvalue weighted by molar-refractivity contribution is 0.0607. The number of likely N-dealkylation sites (N-methyl/N-ethyl adjacent to an activating group) is 1. The summed E-state index contributed by atoms with van der Waals surface area (Å²) in [6.07, 6.45) is 4.56. The molecule has 12 heteroatoms. The van der Waals surface area contributed by atoms with Gasteiger partial charge in [-0.3, -0.25) is 5.32 Å². The van der Waals surface area contributed by atoms with E-state index < -0.39 is 27.7 Å². The van der Waals surface area contributed by atoms with Gasteiger partial charge < -0.3 is 14.4 Å². The second-order valence-electron chi connectivity index (χ2n) is 12.2. The van der Waals surface area contributed by atoms with Crippen LogP contribution in [0.2, 0.25) is 5.02 Å². The summed E-state index contributed by atoms with van der Waals surface area (Å²) in [6.45, 7) is 5.69. The number of amides is 1. The molecule has 1 saturated carbocycles. The van der Waals surface area contributed by atoms with E-state index in [1.807, 2.05) is 30.3 Å². The number of para-hydroxylation sites is 1. The standard InChI is InChI=1S/C32H38ClN3O6S2/c1-32(2,3)42-31(38)34-24-18-27(43-29(24)30(37)41-5)22-16-28-25(17-23(22)33)36(21-14-10-7-11-15-21)19-26(35(4)44(28,39)40)20-12-8-6-9-13-20/h7,10-11,14-18,20,26H,6,8-9,12-13,19H2,1-5H3,(H,34,38)/t26-/m0/s1. The minimum Gasteiger partial charge on any atom is -0.465 e. The van der Waals surface area contributed by atoms with Crippen LogP contribution in [-0.4, -0.2) is 57.1 Å². The summed E-state index contributed by atoms with van der Waals surface area (Å²) in [5, 5.41) is 2.93. The number of sulfonamides is 1. The maximum absolute atomic E-state index is 14.4. The minimum absolute atomic E-state index is 0.122. The molecule has 0 bridgehead atoms. The highest BCUT2D eigenvalue weighted by Crippen LogP contribution is 2.46. The average molecular weight is 660 g/mol. The van der Waals surface area contributed by atoms with Crippen LogP contribution in [0.4, 0.5) is 21.9 Å². The zero-order chi connectivity index (χ0) is 31.8. The van der Waals surface area contributed by atoms with Gasteiger partial charge in [0.25, 0.3) is 0 Å². The van der Waals surface area contributed by atoms with Crippen LogP contribution in [0.5, 0.6) is 0 Å². The summed E-state index contributed by atoms with van der Waals surface area (Å²) in [7, 11) is -1.03. The predicted molar refractivity (Wildman–Crippen MR) is 175 cm³/mol. The molecular formula is C32H38ClN3O6S2. The quantitative estimate of drug-likeness (QED) is 0.277. The number of hydrogen-bond acceptors (Lipinski definition) is 8. The van der Waals surface area contributed by atoms with Gasteiger partial charge in [-0.1, -0.05) is 49.1 Å². The fraction of sp³-hybridized carbons (Fsp3) is 0.438. The Balaban J connectivity index is 1.64. The van der Waals surface area contributed by atoms with E-state index in [1.54, 1.807) is 46.0 Å². The number of carbonyl (C=O) groups excluding carboxylic acids is 2. The maximum atomic E-state index is 14.4. The van der Waals surface area contributed by atoms with Gasteiger partial charge in [0.05, 0.1) is 23.5 Å². The fourth-order valence-electron chi connectivity index (χ4n) is 5.97. The van der Waals surface area contributed by atoms with Gasteiger partial charge in [0.1, 0.15) is 15.4 Å². The smallest absolute Gasteiger partial charge is 0.412 e. The molecule has 9 nitrogen and oxygen atoms in total. The molecule has 1 aromatic heterocycles. The van der Waals surface area contributed by atoms with Gasteiger partial charge in [-0.15, -0.1) is 11.3 Å². The van der Waals surface area contributed by atoms with Crippen LogP contribution >= 0.6 is 22.9 Å². The molecule has 1 aliphatic heterocycles. The number of ether oxygens (including phenoxy) is 2. The average Bonchev–Trinajstić information content (AvgIpc) is 3.36. The van der Waals surface area contributed by atoms with Crippen molar-refractivity contribution in [3.8, 4) is 10.4 Å². The van der Waals surface area contributed by atoms with E-state index in [2.05, 4.69) is 10.2 Å². The van der Waals surface area contributed by atoms with Crippen molar-refractivity contribution in [1.82, 2.24) is 4.31 Å². The Bertz CT molecular complexity index is 1650. The molecule has 0 spiro atoms. The molecule has 0 radical (unpaired) electrons. The molecule has 1 aliphatic carbocycles. The number of thiophene rings is 1. The van der Waals surface area contributed by atoms with Crippen LogP contribution in [0.1, 0.15) is 62.5 Å². The van der Waals surface area contributed by atoms with Crippen molar-refractivity contribution in [3.63, 3.8) is 0 Å². The van der Waals surface area contributed by atoms with Crippen molar-refractivity contribution < 1.29 is 27.5 Å². The van der Waals surface area contributed by atoms with Crippen LogP contribution in [0.15, 0.2) is 53.4 Å². The molecular weight excluding hydrogens is 622 g/mol. The van der Waals surface area contributed by atoms with E-state index >= 15 is 0 Å². The van der Waals surface area contributed by atoms with E-state index in [-0.39, 0.29) is 27.4 Å². The number of nitrogens with zero attached hydrogens (tertiary/aromatic N) is 2. The van der Waals surface area contributed by atoms with Gasteiger partial charge in [0.15, 0.2) is 0 Å². The normalized spacial score (nSPS) is 19.1. The van der Waals surface area contributed by atoms with Gasteiger partial charge in [-0.2, -0.15) is 4.31 Å². The molecule has 3 aromatic rings. The third kappa shape index (κ3) is 6.61. The molecule has 236 valence electrons. The zero-order valence-corrected chi connectivity index (χ0v) is 27.9. The molecule has 0 saturated heterocycles. The summed E-state index contributed by atoms with van der Waals surface area (Å²) in [5.41, 5.74) is 1.21. The molecule has 2 aromatic carbocycles. The molecule has 44 heavy (non-hydrogen) atoms. The van der Waals surface area contributed by atoms with Gasteiger partial charge in [-0.05, 0) is 69.9 Å². The number of anilines is 3. The molecule has 2 aliphatic rings. The second-order valence-corrected chi connectivity index (χ2v) is 15.6. The molecule has 1 fully saturated rings.